The fraction of sp³-hybridized carbons (Fsp3) is 0.467. The molecule has 0 aliphatic rings. The molecule has 0 bridgehead atoms. The lowest BCUT2D eigenvalue weighted by Crippen LogP contribution is -2.38. The van der Waals surface area contributed by atoms with E-state index in [0.717, 1.165) is 17.7 Å². The standard InChI is InChI=1S/C15H22N2O2S/c1-3-10-17(11-14(16)20)15(18)9-6-12-4-7-13(19-2)8-5-12/h4-5,7-8H,3,6,9-11H2,1-2H3,(H2,16,20). The number of benzene rings is 1. The first-order valence-electron chi connectivity index (χ1n) is 6.75. The van der Waals surface area contributed by atoms with E-state index in [1.165, 1.54) is 0 Å². The van der Waals surface area contributed by atoms with Crippen molar-refractivity contribution >= 4 is 23.1 Å². The smallest absolute Gasteiger partial charge is 0.223 e. The topological polar surface area (TPSA) is 55.6 Å². The summed E-state index contributed by atoms with van der Waals surface area (Å²) in [6.07, 6.45) is 2.08. The number of aryl methyl sites for hydroxylation is 1. The van der Waals surface area contributed by atoms with Crippen LogP contribution < -0.4 is 10.5 Å². The fourth-order valence-corrected chi connectivity index (χ4v) is 2.11. The first-order chi connectivity index (χ1) is 9.56. The van der Waals surface area contributed by atoms with E-state index in [0.29, 0.717) is 30.9 Å². The van der Waals surface area contributed by atoms with Crippen LogP contribution in [-0.2, 0) is 11.2 Å². The highest BCUT2D eigenvalue weighted by Crippen LogP contribution is 2.13. The molecule has 0 fully saturated rings. The minimum Gasteiger partial charge on any atom is -0.497 e. The second-order valence-electron chi connectivity index (χ2n) is 4.63. The monoisotopic (exact) mass is 294 g/mol. The molecule has 0 atom stereocenters. The number of nitrogens with two attached hydrogens (primary N) is 1. The van der Waals surface area contributed by atoms with Crippen LogP contribution in [0.5, 0.6) is 5.75 Å². The molecule has 0 unspecified atom stereocenters. The highest BCUT2D eigenvalue weighted by molar-refractivity contribution is 7.80. The molecular weight excluding hydrogens is 272 g/mol. The molecule has 0 saturated heterocycles. The van der Waals surface area contributed by atoms with Gasteiger partial charge in [0.25, 0.3) is 0 Å². The lowest BCUT2D eigenvalue weighted by atomic mass is 10.1. The Labute approximate surface area is 125 Å². The lowest BCUT2D eigenvalue weighted by Gasteiger charge is -2.21. The van der Waals surface area contributed by atoms with E-state index in [1.54, 1.807) is 12.0 Å². The van der Waals surface area contributed by atoms with E-state index < -0.39 is 0 Å². The molecule has 5 heteroatoms. The van der Waals surface area contributed by atoms with Crippen molar-refractivity contribution in [2.24, 2.45) is 5.73 Å². The summed E-state index contributed by atoms with van der Waals surface area (Å²) in [6.45, 7) is 3.09. The van der Waals surface area contributed by atoms with Crippen LogP contribution in [0, 0.1) is 0 Å². The van der Waals surface area contributed by atoms with Crippen LogP contribution in [0.25, 0.3) is 0 Å². The quantitative estimate of drug-likeness (QED) is 0.746. The van der Waals surface area contributed by atoms with Crippen molar-refractivity contribution in [2.45, 2.75) is 26.2 Å². The Balaban J connectivity index is 2.52. The average molecular weight is 294 g/mol. The molecular formula is C15H22N2O2S. The third kappa shape index (κ3) is 5.57. The Kier molecular flexibility index (Phi) is 7.01. The summed E-state index contributed by atoms with van der Waals surface area (Å²) in [4.78, 5) is 14.2. The van der Waals surface area contributed by atoms with Gasteiger partial charge in [-0.05, 0) is 30.5 Å². The van der Waals surface area contributed by atoms with Crippen molar-refractivity contribution in [1.82, 2.24) is 4.90 Å². The molecule has 0 radical (unpaired) electrons. The summed E-state index contributed by atoms with van der Waals surface area (Å²) in [5.41, 5.74) is 6.64. The summed E-state index contributed by atoms with van der Waals surface area (Å²) in [7, 11) is 1.64. The van der Waals surface area contributed by atoms with Crippen LogP contribution in [0.2, 0.25) is 0 Å². The molecule has 1 aromatic carbocycles. The normalized spacial score (nSPS) is 10.1. The zero-order chi connectivity index (χ0) is 15.0. The first kappa shape index (κ1) is 16.4. The molecule has 0 aliphatic carbocycles. The summed E-state index contributed by atoms with van der Waals surface area (Å²) in [6, 6.07) is 7.75. The van der Waals surface area contributed by atoms with Gasteiger partial charge >= 0.3 is 0 Å². The molecule has 0 spiro atoms. The molecule has 110 valence electrons. The number of rotatable bonds is 8. The van der Waals surface area contributed by atoms with Crippen LogP contribution >= 0.6 is 12.2 Å². The highest BCUT2D eigenvalue weighted by atomic mass is 32.1. The third-order valence-corrected chi connectivity index (χ3v) is 3.11. The zero-order valence-electron chi connectivity index (χ0n) is 12.1. The molecule has 0 aromatic heterocycles. The molecule has 4 nitrogen and oxygen atoms in total. The van der Waals surface area contributed by atoms with E-state index in [9.17, 15) is 4.79 Å². The Hall–Kier alpha value is -1.62. The van der Waals surface area contributed by atoms with Crippen molar-refractivity contribution in [1.29, 1.82) is 0 Å². The number of hydrogen-bond acceptors (Lipinski definition) is 3. The molecule has 1 aromatic rings. The summed E-state index contributed by atoms with van der Waals surface area (Å²) >= 11 is 4.88. The SMILES string of the molecule is CCCN(CC(N)=S)C(=O)CCc1ccc(OC)cc1. The zero-order valence-corrected chi connectivity index (χ0v) is 12.9. The van der Waals surface area contributed by atoms with Gasteiger partial charge in [0, 0.05) is 13.0 Å². The minimum atomic E-state index is 0.0930. The first-order valence-corrected chi connectivity index (χ1v) is 7.16. The number of carbonyl (C=O) groups is 1. The van der Waals surface area contributed by atoms with E-state index in [1.807, 2.05) is 31.2 Å². The molecule has 2 N–H and O–H groups in total. The molecule has 1 rings (SSSR count). The lowest BCUT2D eigenvalue weighted by molar-refractivity contribution is -0.130. The maximum absolute atomic E-state index is 12.2. The molecule has 1 amide bonds. The second kappa shape index (κ2) is 8.53. The number of nitrogens with zero attached hydrogens (tertiary/aromatic N) is 1. The predicted octanol–water partition coefficient (Wildman–Crippen LogP) is 2.15. The van der Waals surface area contributed by atoms with Gasteiger partial charge in [-0.2, -0.15) is 0 Å². The van der Waals surface area contributed by atoms with E-state index in [-0.39, 0.29) is 5.91 Å². The number of hydrogen-bond donors (Lipinski definition) is 1. The maximum atomic E-state index is 12.2. The molecule has 0 saturated carbocycles. The van der Waals surface area contributed by atoms with Crippen molar-refractivity contribution in [2.75, 3.05) is 20.2 Å². The second-order valence-corrected chi connectivity index (χ2v) is 5.15. The predicted molar refractivity (Wildman–Crippen MR) is 85.0 cm³/mol. The van der Waals surface area contributed by atoms with Crippen LogP contribution in [0.4, 0.5) is 0 Å². The third-order valence-electron chi connectivity index (χ3n) is 2.98. The van der Waals surface area contributed by atoms with E-state index in [2.05, 4.69) is 0 Å². The maximum Gasteiger partial charge on any atom is 0.223 e. The molecule has 0 heterocycles. The van der Waals surface area contributed by atoms with Gasteiger partial charge in [-0.15, -0.1) is 0 Å². The number of thiocarbonyl (C=S) groups is 1. The van der Waals surface area contributed by atoms with Gasteiger partial charge in [-0.1, -0.05) is 31.3 Å². The summed E-state index contributed by atoms with van der Waals surface area (Å²) in [5.74, 6) is 0.914. The minimum absolute atomic E-state index is 0.0930. The van der Waals surface area contributed by atoms with Crippen LogP contribution in [-0.4, -0.2) is 36.0 Å². The van der Waals surface area contributed by atoms with Gasteiger partial charge in [-0.25, -0.2) is 0 Å². The summed E-state index contributed by atoms with van der Waals surface area (Å²) in [5, 5.41) is 0. The van der Waals surface area contributed by atoms with E-state index >= 15 is 0 Å². The van der Waals surface area contributed by atoms with Gasteiger partial charge in [0.05, 0.1) is 18.6 Å². The Morgan fingerprint density at radius 2 is 2.00 bits per heavy atom. The van der Waals surface area contributed by atoms with E-state index in [4.69, 9.17) is 22.7 Å². The van der Waals surface area contributed by atoms with Crippen molar-refractivity contribution in [3.8, 4) is 5.75 Å². The number of amides is 1. The number of ether oxygens (including phenoxy) is 1. The van der Waals surface area contributed by atoms with Gasteiger partial charge < -0.3 is 15.4 Å². The highest BCUT2D eigenvalue weighted by Gasteiger charge is 2.13. The Morgan fingerprint density at radius 1 is 1.35 bits per heavy atom. The van der Waals surface area contributed by atoms with Gasteiger partial charge in [0.15, 0.2) is 0 Å². The molecule has 0 aliphatic heterocycles. The van der Waals surface area contributed by atoms with Crippen LogP contribution in [0.3, 0.4) is 0 Å². The average Bonchev–Trinajstić information content (AvgIpc) is 2.44. The van der Waals surface area contributed by atoms with Crippen molar-refractivity contribution in [3.63, 3.8) is 0 Å². The summed E-state index contributed by atoms with van der Waals surface area (Å²) < 4.78 is 5.11. The Morgan fingerprint density at radius 3 is 2.50 bits per heavy atom. The van der Waals surface area contributed by atoms with Gasteiger partial charge in [-0.3, -0.25) is 4.79 Å². The van der Waals surface area contributed by atoms with Gasteiger partial charge in [0.2, 0.25) is 5.91 Å². The number of methoxy groups -OCH3 is 1. The Bertz CT molecular complexity index is 446. The van der Waals surface area contributed by atoms with Crippen LogP contribution in [0.15, 0.2) is 24.3 Å². The van der Waals surface area contributed by atoms with Crippen molar-refractivity contribution < 1.29 is 9.53 Å². The number of carbonyl (C=O) groups excluding carboxylic acids is 1. The fourth-order valence-electron chi connectivity index (χ4n) is 1.95. The van der Waals surface area contributed by atoms with Crippen LogP contribution in [0.1, 0.15) is 25.3 Å². The van der Waals surface area contributed by atoms with Crippen molar-refractivity contribution in [3.05, 3.63) is 29.8 Å². The molecule has 20 heavy (non-hydrogen) atoms. The largest absolute Gasteiger partial charge is 0.497 e. The van der Waals surface area contributed by atoms with Gasteiger partial charge in [0.1, 0.15) is 5.75 Å².